The third-order valence-electron chi connectivity index (χ3n) is 4.11. The van der Waals surface area contributed by atoms with Gasteiger partial charge in [-0.1, -0.05) is 6.07 Å². The van der Waals surface area contributed by atoms with Gasteiger partial charge < -0.3 is 20.5 Å². The average Bonchev–Trinajstić information content (AvgIpc) is 2.44. The molecule has 1 atom stereocenters. The number of nitrogens with two attached hydrogens (primary N) is 1. The third-order valence-corrected chi connectivity index (χ3v) is 4.11. The monoisotopic (exact) mass is 276 g/mol. The van der Waals surface area contributed by atoms with Gasteiger partial charge in [0.15, 0.2) is 11.5 Å². The Bertz CT molecular complexity index is 526. The van der Waals surface area contributed by atoms with E-state index in [1.165, 1.54) is 0 Å². The maximum absolute atomic E-state index is 12.1. The van der Waals surface area contributed by atoms with Crippen LogP contribution in [0.4, 0.5) is 0 Å². The van der Waals surface area contributed by atoms with Crippen molar-refractivity contribution in [3.63, 3.8) is 0 Å². The van der Waals surface area contributed by atoms with Crippen LogP contribution in [0.1, 0.15) is 37.8 Å². The van der Waals surface area contributed by atoms with Crippen LogP contribution in [0, 0.1) is 0 Å². The van der Waals surface area contributed by atoms with Crippen molar-refractivity contribution < 1.29 is 14.3 Å². The first-order valence-electron chi connectivity index (χ1n) is 7.08. The first kappa shape index (κ1) is 13.2. The predicted octanol–water partition coefficient (Wildman–Crippen LogP) is 1.52. The number of fused-ring (bicyclic) bond motifs is 1. The number of nitrogens with one attached hydrogen (secondary N) is 1. The fourth-order valence-electron chi connectivity index (χ4n) is 2.54. The maximum atomic E-state index is 12.1. The highest BCUT2D eigenvalue weighted by Crippen LogP contribution is 2.33. The second kappa shape index (κ2) is 4.98. The molecular weight excluding hydrogens is 256 g/mol. The number of carbonyl (C=O) groups is 1. The molecule has 1 aliphatic carbocycles. The Morgan fingerprint density at radius 1 is 1.30 bits per heavy atom. The number of rotatable bonds is 3. The van der Waals surface area contributed by atoms with E-state index in [0.717, 1.165) is 36.3 Å². The molecule has 3 rings (SSSR count). The lowest BCUT2D eigenvalue weighted by molar-refractivity contribution is -0.129. The normalized spacial score (nSPS) is 20.7. The van der Waals surface area contributed by atoms with Gasteiger partial charge in [-0.05, 0) is 43.9 Å². The summed E-state index contributed by atoms with van der Waals surface area (Å²) < 4.78 is 11.0. The molecule has 1 saturated carbocycles. The van der Waals surface area contributed by atoms with Crippen LogP contribution in [-0.4, -0.2) is 24.7 Å². The van der Waals surface area contributed by atoms with Crippen LogP contribution in [0.15, 0.2) is 18.2 Å². The number of hydrogen-bond donors (Lipinski definition) is 2. The lowest BCUT2D eigenvalue weighted by Gasteiger charge is -2.37. The topological polar surface area (TPSA) is 73.6 Å². The van der Waals surface area contributed by atoms with Gasteiger partial charge in [-0.3, -0.25) is 4.79 Å². The molecule has 0 spiro atoms. The largest absolute Gasteiger partial charge is 0.486 e. The molecule has 108 valence electrons. The van der Waals surface area contributed by atoms with E-state index < -0.39 is 5.54 Å². The van der Waals surface area contributed by atoms with Crippen LogP contribution in [0.5, 0.6) is 11.5 Å². The molecule has 0 aromatic heterocycles. The molecule has 1 aliphatic heterocycles. The van der Waals surface area contributed by atoms with Gasteiger partial charge in [0.1, 0.15) is 13.2 Å². The Labute approximate surface area is 118 Å². The zero-order valence-corrected chi connectivity index (χ0v) is 11.6. The molecule has 5 nitrogen and oxygen atoms in total. The van der Waals surface area contributed by atoms with Crippen molar-refractivity contribution in [2.45, 2.75) is 37.8 Å². The van der Waals surface area contributed by atoms with E-state index in [0.29, 0.717) is 13.2 Å². The first-order chi connectivity index (χ1) is 9.58. The number of ether oxygens (including phenoxy) is 2. The standard InChI is InChI=1S/C15H20N2O3/c1-10(17-14(18)15(16)5-2-6-15)11-3-4-12-13(9-11)20-8-7-19-12/h3-4,9-10H,2,5-8,16H2,1H3,(H,17,18). The fraction of sp³-hybridized carbons (Fsp3) is 0.533. The van der Waals surface area contributed by atoms with Crippen molar-refractivity contribution in [3.05, 3.63) is 23.8 Å². The summed E-state index contributed by atoms with van der Waals surface area (Å²) >= 11 is 0. The summed E-state index contributed by atoms with van der Waals surface area (Å²) in [4.78, 5) is 12.1. The molecule has 1 unspecified atom stereocenters. The van der Waals surface area contributed by atoms with E-state index in [9.17, 15) is 4.79 Å². The summed E-state index contributed by atoms with van der Waals surface area (Å²) in [6, 6.07) is 5.65. The molecule has 1 aromatic carbocycles. The molecule has 0 saturated heterocycles. The first-order valence-corrected chi connectivity index (χ1v) is 7.08. The Morgan fingerprint density at radius 2 is 2.00 bits per heavy atom. The Hall–Kier alpha value is -1.75. The Kier molecular flexibility index (Phi) is 3.30. The minimum atomic E-state index is -0.665. The highest BCUT2D eigenvalue weighted by atomic mass is 16.6. The summed E-state index contributed by atoms with van der Waals surface area (Å²) in [5.41, 5.74) is 6.35. The van der Waals surface area contributed by atoms with Crippen molar-refractivity contribution in [2.75, 3.05) is 13.2 Å². The summed E-state index contributed by atoms with van der Waals surface area (Å²) in [5.74, 6) is 1.43. The van der Waals surface area contributed by atoms with E-state index in [1.807, 2.05) is 25.1 Å². The molecule has 3 N–H and O–H groups in total. The maximum Gasteiger partial charge on any atom is 0.240 e. The van der Waals surface area contributed by atoms with Crippen LogP contribution < -0.4 is 20.5 Å². The van der Waals surface area contributed by atoms with Crippen molar-refractivity contribution in [1.29, 1.82) is 0 Å². The highest BCUT2D eigenvalue weighted by molar-refractivity contribution is 5.87. The van der Waals surface area contributed by atoms with E-state index in [2.05, 4.69) is 5.32 Å². The minimum absolute atomic E-state index is 0.0638. The van der Waals surface area contributed by atoms with Gasteiger partial charge >= 0.3 is 0 Å². The molecule has 20 heavy (non-hydrogen) atoms. The van der Waals surface area contributed by atoms with E-state index in [4.69, 9.17) is 15.2 Å². The van der Waals surface area contributed by atoms with E-state index in [1.54, 1.807) is 0 Å². The quantitative estimate of drug-likeness (QED) is 0.877. The summed E-state index contributed by atoms with van der Waals surface area (Å²) in [5, 5.41) is 2.99. The van der Waals surface area contributed by atoms with Gasteiger partial charge in [0.05, 0.1) is 11.6 Å². The van der Waals surface area contributed by atoms with Gasteiger partial charge in [-0.2, -0.15) is 0 Å². The fourth-order valence-corrected chi connectivity index (χ4v) is 2.54. The Morgan fingerprint density at radius 3 is 2.65 bits per heavy atom. The van der Waals surface area contributed by atoms with Crippen LogP contribution in [0.3, 0.4) is 0 Å². The lowest BCUT2D eigenvalue weighted by Crippen LogP contribution is -2.58. The smallest absolute Gasteiger partial charge is 0.240 e. The van der Waals surface area contributed by atoms with Crippen molar-refractivity contribution in [1.82, 2.24) is 5.32 Å². The highest BCUT2D eigenvalue weighted by Gasteiger charge is 2.40. The second-order valence-corrected chi connectivity index (χ2v) is 5.61. The molecule has 2 aliphatic rings. The number of benzene rings is 1. The molecule has 1 aromatic rings. The zero-order valence-electron chi connectivity index (χ0n) is 11.6. The SMILES string of the molecule is CC(NC(=O)C1(N)CCC1)c1ccc2c(c1)OCCO2. The summed E-state index contributed by atoms with van der Waals surface area (Å²) in [7, 11) is 0. The van der Waals surface area contributed by atoms with Gasteiger partial charge in [-0.15, -0.1) is 0 Å². The summed E-state index contributed by atoms with van der Waals surface area (Å²) in [6.45, 7) is 3.09. The molecule has 1 amide bonds. The minimum Gasteiger partial charge on any atom is -0.486 e. The molecule has 0 bridgehead atoms. The number of carbonyl (C=O) groups excluding carboxylic acids is 1. The molecule has 5 heteroatoms. The van der Waals surface area contributed by atoms with Gasteiger partial charge in [-0.25, -0.2) is 0 Å². The molecule has 0 radical (unpaired) electrons. The number of hydrogen-bond acceptors (Lipinski definition) is 4. The molecule has 1 heterocycles. The van der Waals surface area contributed by atoms with Crippen LogP contribution >= 0.6 is 0 Å². The Balaban J connectivity index is 1.70. The van der Waals surface area contributed by atoms with Crippen molar-refractivity contribution in [2.24, 2.45) is 5.73 Å². The molecule has 1 fully saturated rings. The number of amides is 1. The summed E-state index contributed by atoms with van der Waals surface area (Å²) in [6.07, 6.45) is 2.57. The molecular formula is C15H20N2O3. The van der Waals surface area contributed by atoms with E-state index >= 15 is 0 Å². The van der Waals surface area contributed by atoms with Crippen LogP contribution in [0.2, 0.25) is 0 Å². The van der Waals surface area contributed by atoms with Crippen molar-refractivity contribution in [3.8, 4) is 11.5 Å². The van der Waals surface area contributed by atoms with Crippen LogP contribution in [0.25, 0.3) is 0 Å². The predicted molar refractivity (Wildman–Crippen MR) is 74.8 cm³/mol. The lowest BCUT2D eigenvalue weighted by atomic mass is 9.77. The van der Waals surface area contributed by atoms with Gasteiger partial charge in [0, 0.05) is 0 Å². The van der Waals surface area contributed by atoms with E-state index in [-0.39, 0.29) is 11.9 Å². The van der Waals surface area contributed by atoms with Crippen molar-refractivity contribution >= 4 is 5.91 Å². The van der Waals surface area contributed by atoms with Crippen LogP contribution in [-0.2, 0) is 4.79 Å². The average molecular weight is 276 g/mol. The third kappa shape index (κ3) is 2.33. The second-order valence-electron chi connectivity index (χ2n) is 5.61. The zero-order chi connectivity index (χ0) is 14.2. The van der Waals surface area contributed by atoms with Gasteiger partial charge in [0.25, 0.3) is 0 Å². The van der Waals surface area contributed by atoms with Gasteiger partial charge in [0.2, 0.25) is 5.91 Å².